The summed E-state index contributed by atoms with van der Waals surface area (Å²) >= 11 is 1.32. The Bertz CT molecular complexity index is 710. The third-order valence-corrected chi connectivity index (χ3v) is 5.05. The highest BCUT2D eigenvalue weighted by Crippen LogP contribution is 2.24. The second kappa shape index (κ2) is 8.24. The van der Waals surface area contributed by atoms with E-state index in [9.17, 15) is 4.79 Å². The van der Waals surface area contributed by atoms with Crippen molar-refractivity contribution in [3.8, 4) is 17.1 Å². The van der Waals surface area contributed by atoms with Crippen LogP contribution in [0, 0.1) is 0 Å². The van der Waals surface area contributed by atoms with E-state index in [1.165, 1.54) is 22.9 Å². The van der Waals surface area contributed by atoms with Crippen LogP contribution in [-0.2, 0) is 4.79 Å². The number of hydrogen-bond donors (Lipinski definition) is 1. The maximum Gasteiger partial charge on any atom is 0.233 e. The van der Waals surface area contributed by atoms with Gasteiger partial charge >= 0.3 is 0 Å². The number of rotatable bonds is 6. The predicted octanol–water partition coefficient (Wildman–Crippen LogP) is 2.16. The van der Waals surface area contributed by atoms with Crippen molar-refractivity contribution >= 4 is 17.7 Å². The standard InChI is InChI=1S/C17H23N5O2S/c1-2-24-14-8-6-13(7-9-14)16-19-20-17(22(16)18)25-12-15(23)21-10-4-3-5-11-21/h6-9H,2-5,10-12,18H2,1H3. The molecule has 1 aliphatic heterocycles. The number of piperidine rings is 1. The van der Waals surface area contributed by atoms with E-state index in [0.29, 0.717) is 23.3 Å². The molecule has 0 bridgehead atoms. The van der Waals surface area contributed by atoms with Gasteiger partial charge in [0.25, 0.3) is 0 Å². The molecular formula is C17H23N5O2S. The molecule has 0 radical (unpaired) electrons. The van der Waals surface area contributed by atoms with Gasteiger partial charge in [0.15, 0.2) is 5.82 Å². The third-order valence-electron chi connectivity index (χ3n) is 4.12. The summed E-state index contributed by atoms with van der Waals surface area (Å²) in [5.74, 6) is 7.95. The van der Waals surface area contributed by atoms with Crippen molar-refractivity contribution in [1.29, 1.82) is 0 Å². The van der Waals surface area contributed by atoms with Crippen molar-refractivity contribution in [2.24, 2.45) is 0 Å². The van der Waals surface area contributed by atoms with Gasteiger partial charge in [-0.1, -0.05) is 11.8 Å². The maximum absolute atomic E-state index is 12.3. The van der Waals surface area contributed by atoms with Crippen molar-refractivity contribution in [2.75, 3.05) is 31.3 Å². The summed E-state index contributed by atoms with van der Waals surface area (Å²) in [5, 5.41) is 8.81. The molecule has 2 heterocycles. The van der Waals surface area contributed by atoms with Gasteiger partial charge in [-0.3, -0.25) is 4.79 Å². The first-order valence-corrected chi connectivity index (χ1v) is 9.52. The number of ether oxygens (including phenoxy) is 1. The molecule has 0 aliphatic carbocycles. The van der Waals surface area contributed by atoms with Gasteiger partial charge in [-0.25, -0.2) is 4.68 Å². The van der Waals surface area contributed by atoms with Crippen LogP contribution < -0.4 is 10.6 Å². The molecule has 1 aromatic carbocycles. The van der Waals surface area contributed by atoms with Crippen molar-refractivity contribution < 1.29 is 9.53 Å². The van der Waals surface area contributed by atoms with Crippen LogP contribution in [0.5, 0.6) is 5.75 Å². The molecule has 0 saturated carbocycles. The van der Waals surface area contributed by atoms with Gasteiger partial charge in [0.1, 0.15) is 5.75 Å². The minimum atomic E-state index is 0.135. The number of thioether (sulfide) groups is 1. The Hall–Kier alpha value is -2.22. The number of amides is 1. The smallest absolute Gasteiger partial charge is 0.233 e. The summed E-state index contributed by atoms with van der Waals surface area (Å²) in [6.07, 6.45) is 3.39. The van der Waals surface area contributed by atoms with Gasteiger partial charge < -0.3 is 15.5 Å². The van der Waals surface area contributed by atoms with Gasteiger partial charge in [0.2, 0.25) is 11.1 Å². The number of likely N-dealkylation sites (tertiary alicyclic amines) is 1. The van der Waals surface area contributed by atoms with Crippen molar-refractivity contribution in [1.82, 2.24) is 19.8 Å². The highest BCUT2D eigenvalue weighted by molar-refractivity contribution is 7.99. The fourth-order valence-corrected chi connectivity index (χ4v) is 3.56. The molecule has 7 nitrogen and oxygen atoms in total. The molecule has 0 spiro atoms. The van der Waals surface area contributed by atoms with Crippen molar-refractivity contribution in [3.63, 3.8) is 0 Å². The molecule has 1 amide bonds. The molecule has 25 heavy (non-hydrogen) atoms. The molecule has 1 fully saturated rings. The maximum atomic E-state index is 12.3. The summed E-state index contributed by atoms with van der Waals surface area (Å²) in [5.41, 5.74) is 0.854. The zero-order chi connectivity index (χ0) is 17.6. The Balaban J connectivity index is 1.63. The summed E-state index contributed by atoms with van der Waals surface area (Å²) < 4.78 is 6.87. The average molecular weight is 361 g/mol. The van der Waals surface area contributed by atoms with Crippen molar-refractivity contribution in [3.05, 3.63) is 24.3 Å². The number of nitrogen functional groups attached to an aromatic ring is 1. The Morgan fingerprint density at radius 3 is 2.60 bits per heavy atom. The van der Waals surface area contributed by atoms with Gasteiger partial charge in [0, 0.05) is 18.7 Å². The number of aromatic nitrogens is 3. The number of nitrogens with zero attached hydrogens (tertiary/aromatic N) is 4. The molecule has 2 N–H and O–H groups in total. The van der Waals surface area contributed by atoms with E-state index in [0.717, 1.165) is 37.2 Å². The number of nitrogens with two attached hydrogens (primary N) is 1. The lowest BCUT2D eigenvalue weighted by atomic mass is 10.1. The lowest BCUT2D eigenvalue weighted by Gasteiger charge is -2.26. The zero-order valence-electron chi connectivity index (χ0n) is 14.4. The van der Waals surface area contributed by atoms with Crippen LogP contribution in [0.2, 0.25) is 0 Å². The second-order valence-electron chi connectivity index (χ2n) is 5.86. The molecule has 0 atom stereocenters. The highest BCUT2D eigenvalue weighted by atomic mass is 32.2. The molecule has 1 aromatic heterocycles. The monoisotopic (exact) mass is 361 g/mol. The van der Waals surface area contributed by atoms with Crippen LogP contribution in [0.1, 0.15) is 26.2 Å². The first-order valence-electron chi connectivity index (χ1n) is 8.53. The van der Waals surface area contributed by atoms with Gasteiger partial charge in [-0.15, -0.1) is 10.2 Å². The first-order chi connectivity index (χ1) is 12.2. The molecule has 2 aromatic rings. The van der Waals surface area contributed by atoms with Gasteiger partial charge in [-0.2, -0.15) is 0 Å². The van der Waals surface area contributed by atoms with E-state index in [1.54, 1.807) is 0 Å². The normalized spacial score (nSPS) is 14.5. The minimum absolute atomic E-state index is 0.135. The summed E-state index contributed by atoms with van der Waals surface area (Å²) in [7, 11) is 0. The molecule has 8 heteroatoms. The molecule has 1 aliphatic rings. The number of carbonyl (C=O) groups is 1. The number of hydrogen-bond acceptors (Lipinski definition) is 6. The topological polar surface area (TPSA) is 86.3 Å². The van der Waals surface area contributed by atoms with Crippen LogP contribution >= 0.6 is 11.8 Å². The Labute approximate surface area is 151 Å². The number of benzene rings is 1. The fraction of sp³-hybridized carbons (Fsp3) is 0.471. The Morgan fingerprint density at radius 1 is 1.20 bits per heavy atom. The molecule has 3 rings (SSSR count). The zero-order valence-corrected chi connectivity index (χ0v) is 15.2. The van der Waals surface area contributed by atoms with E-state index in [4.69, 9.17) is 10.6 Å². The molecule has 0 unspecified atom stereocenters. The fourth-order valence-electron chi connectivity index (χ4n) is 2.80. The first kappa shape index (κ1) is 17.6. The van der Waals surface area contributed by atoms with Gasteiger partial charge in [0.05, 0.1) is 12.4 Å². The van der Waals surface area contributed by atoms with Gasteiger partial charge in [-0.05, 0) is 50.5 Å². The van der Waals surface area contributed by atoms with E-state index in [2.05, 4.69) is 10.2 Å². The summed E-state index contributed by atoms with van der Waals surface area (Å²) in [4.78, 5) is 14.2. The average Bonchev–Trinajstić information content (AvgIpc) is 3.02. The van der Waals surface area contributed by atoms with Crippen LogP contribution in [0.4, 0.5) is 0 Å². The largest absolute Gasteiger partial charge is 0.494 e. The molecule has 134 valence electrons. The third kappa shape index (κ3) is 4.25. The Kier molecular flexibility index (Phi) is 5.80. The van der Waals surface area contributed by atoms with E-state index >= 15 is 0 Å². The van der Waals surface area contributed by atoms with E-state index in [-0.39, 0.29) is 5.91 Å². The van der Waals surface area contributed by atoms with Crippen molar-refractivity contribution in [2.45, 2.75) is 31.3 Å². The van der Waals surface area contributed by atoms with E-state index < -0.39 is 0 Å². The molecule has 1 saturated heterocycles. The lowest BCUT2D eigenvalue weighted by molar-refractivity contribution is -0.129. The predicted molar refractivity (Wildman–Crippen MR) is 97.9 cm³/mol. The molecular weight excluding hydrogens is 338 g/mol. The van der Waals surface area contributed by atoms with Crippen LogP contribution in [0.15, 0.2) is 29.4 Å². The van der Waals surface area contributed by atoms with Crippen LogP contribution in [-0.4, -0.2) is 51.1 Å². The SMILES string of the molecule is CCOc1ccc(-c2nnc(SCC(=O)N3CCCCC3)n2N)cc1. The number of carbonyl (C=O) groups excluding carboxylic acids is 1. The Morgan fingerprint density at radius 2 is 1.92 bits per heavy atom. The summed E-state index contributed by atoms with van der Waals surface area (Å²) in [6.45, 7) is 4.27. The highest BCUT2D eigenvalue weighted by Gasteiger charge is 2.19. The van der Waals surface area contributed by atoms with E-state index in [1.807, 2.05) is 36.1 Å². The summed E-state index contributed by atoms with van der Waals surface area (Å²) in [6, 6.07) is 7.54. The second-order valence-corrected chi connectivity index (χ2v) is 6.81. The minimum Gasteiger partial charge on any atom is -0.494 e. The quantitative estimate of drug-likeness (QED) is 0.627. The lowest BCUT2D eigenvalue weighted by Crippen LogP contribution is -2.36. The van der Waals surface area contributed by atoms with Crippen LogP contribution in [0.3, 0.4) is 0 Å². The van der Waals surface area contributed by atoms with Crippen LogP contribution in [0.25, 0.3) is 11.4 Å².